The molecule has 10 nitrogen and oxygen atoms in total. The van der Waals surface area contributed by atoms with Crippen LogP contribution in [0, 0.1) is 6.92 Å². The molecule has 0 radical (unpaired) electrons. The first-order valence-electron chi connectivity index (χ1n) is 13.5. The molecule has 5 aromatic rings. The van der Waals surface area contributed by atoms with Crippen LogP contribution < -0.4 is 10.2 Å². The molecule has 2 amide bonds. The number of anilines is 1. The van der Waals surface area contributed by atoms with Crippen LogP contribution in [0.25, 0.3) is 22.3 Å². The van der Waals surface area contributed by atoms with Gasteiger partial charge in [-0.25, -0.2) is 15.0 Å². The van der Waals surface area contributed by atoms with Crippen LogP contribution in [-0.4, -0.2) is 73.9 Å². The molecule has 0 atom stereocenters. The summed E-state index contributed by atoms with van der Waals surface area (Å²) in [6, 6.07) is 13.9. The van der Waals surface area contributed by atoms with E-state index < -0.39 is 0 Å². The van der Waals surface area contributed by atoms with Crippen LogP contribution in [0.1, 0.15) is 31.4 Å². The van der Waals surface area contributed by atoms with E-state index in [4.69, 9.17) is 0 Å². The number of rotatable bonds is 7. The smallest absolute Gasteiger partial charge is 0.271 e. The SMILES string of the molecule is Cc1ncsc1CCNC(=O)c1cnc(N2CCN(C(=O)c3c(-c4ccccc4)n(C)c4cccnc34)CC2)cn1. The van der Waals surface area contributed by atoms with Crippen molar-refractivity contribution in [2.24, 2.45) is 7.05 Å². The topological polar surface area (TPSA) is 109 Å². The number of fused-ring (bicyclic) bond motifs is 1. The zero-order valence-electron chi connectivity index (χ0n) is 22.9. The van der Waals surface area contributed by atoms with Crippen molar-refractivity contribution in [2.75, 3.05) is 37.6 Å². The molecule has 1 aliphatic heterocycles. The predicted octanol–water partition coefficient (Wildman–Crippen LogP) is 3.73. The van der Waals surface area contributed by atoms with E-state index in [0.717, 1.165) is 33.8 Å². The fourth-order valence-corrected chi connectivity index (χ4v) is 6.02. The number of nitrogens with one attached hydrogen (secondary N) is 1. The maximum Gasteiger partial charge on any atom is 0.271 e. The van der Waals surface area contributed by atoms with Crippen LogP contribution in [0.2, 0.25) is 0 Å². The van der Waals surface area contributed by atoms with Gasteiger partial charge < -0.3 is 19.7 Å². The van der Waals surface area contributed by atoms with Gasteiger partial charge in [0.25, 0.3) is 11.8 Å². The van der Waals surface area contributed by atoms with E-state index in [-0.39, 0.29) is 17.5 Å². The number of hydrogen-bond acceptors (Lipinski definition) is 8. The highest BCUT2D eigenvalue weighted by atomic mass is 32.1. The summed E-state index contributed by atoms with van der Waals surface area (Å²) in [5.74, 6) is 0.407. The Bertz CT molecular complexity index is 1690. The Morgan fingerprint density at radius 1 is 0.951 bits per heavy atom. The average molecular weight is 567 g/mol. The first-order valence-corrected chi connectivity index (χ1v) is 14.4. The Morgan fingerprint density at radius 3 is 2.46 bits per heavy atom. The second-order valence-electron chi connectivity index (χ2n) is 9.93. The first kappa shape index (κ1) is 26.6. The maximum absolute atomic E-state index is 13.9. The summed E-state index contributed by atoms with van der Waals surface area (Å²) in [5.41, 5.74) is 7.20. The Morgan fingerprint density at radius 2 is 1.76 bits per heavy atom. The van der Waals surface area contributed by atoms with E-state index in [9.17, 15) is 9.59 Å². The lowest BCUT2D eigenvalue weighted by atomic mass is 10.1. The second kappa shape index (κ2) is 11.5. The number of hydrogen-bond donors (Lipinski definition) is 1. The number of pyridine rings is 1. The molecule has 1 aliphatic rings. The van der Waals surface area contributed by atoms with E-state index >= 15 is 0 Å². The number of aryl methyl sites for hydroxylation is 2. The van der Waals surface area contributed by atoms with Crippen molar-refractivity contribution in [1.29, 1.82) is 0 Å². The van der Waals surface area contributed by atoms with Gasteiger partial charge in [0, 0.05) is 57.3 Å². The van der Waals surface area contributed by atoms with Crippen molar-refractivity contribution in [3.8, 4) is 11.3 Å². The maximum atomic E-state index is 13.9. The number of thiazole rings is 1. The summed E-state index contributed by atoms with van der Waals surface area (Å²) < 4.78 is 2.05. The first-order chi connectivity index (χ1) is 20.0. The van der Waals surface area contributed by atoms with Gasteiger partial charge in [0.1, 0.15) is 17.0 Å². The van der Waals surface area contributed by atoms with E-state index in [2.05, 4.69) is 34.7 Å². The molecule has 1 aromatic carbocycles. The minimum absolute atomic E-state index is 0.0283. The highest BCUT2D eigenvalue weighted by molar-refractivity contribution is 7.09. The monoisotopic (exact) mass is 566 g/mol. The Kier molecular flexibility index (Phi) is 7.43. The van der Waals surface area contributed by atoms with Crippen LogP contribution in [-0.2, 0) is 13.5 Å². The minimum Gasteiger partial charge on any atom is -0.352 e. The highest BCUT2D eigenvalue weighted by Gasteiger charge is 2.29. The Labute approximate surface area is 241 Å². The Balaban J connectivity index is 1.11. The van der Waals surface area contributed by atoms with E-state index in [1.54, 1.807) is 23.7 Å². The van der Waals surface area contributed by atoms with Crippen molar-refractivity contribution in [3.63, 3.8) is 0 Å². The molecule has 1 saturated heterocycles. The lowest BCUT2D eigenvalue weighted by Gasteiger charge is -2.35. The van der Waals surface area contributed by atoms with Crippen LogP contribution in [0.4, 0.5) is 5.82 Å². The zero-order chi connectivity index (χ0) is 28.3. The summed E-state index contributed by atoms with van der Waals surface area (Å²) in [6.45, 7) is 4.78. The normalized spacial score (nSPS) is 13.5. The van der Waals surface area contributed by atoms with Crippen molar-refractivity contribution < 1.29 is 9.59 Å². The molecule has 1 fully saturated rings. The summed E-state index contributed by atoms with van der Waals surface area (Å²) in [6.07, 6.45) is 5.60. The van der Waals surface area contributed by atoms with Crippen LogP contribution in [0.15, 0.2) is 66.6 Å². The molecule has 41 heavy (non-hydrogen) atoms. The fourth-order valence-electron chi connectivity index (χ4n) is 5.24. The molecule has 208 valence electrons. The van der Waals surface area contributed by atoms with Gasteiger partial charge in [0.05, 0.1) is 40.4 Å². The lowest BCUT2D eigenvalue weighted by molar-refractivity contribution is 0.0748. The number of piperazine rings is 1. The van der Waals surface area contributed by atoms with Crippen molar-refractivity contribution >= 4 is 40.0 Å². The predicted molar refractivity (Wildman–Crippen MR) is 159 cm³/mol. The average Bonchev–Trinajstić information content (AvgIpc) is 3.57. The lowest BCUT2D eigenvalue weighted by Crippen LogP contribution is -2.49. The van der Waals surface area contributed by atoms with Gasteiger partial charge in [-0.2, -0.15) is 0 Å². The number of benzene rings is 1. The molecule has 11 heteroatoms. The van der Waals surface area contributed by atoms with Gasteiger partial charge in [0.2, 0.25) is 0 Å². The molecular weight excluding hydrogens is 536 g/mol. The van der Waals surface area contributed by atoms with Crippen molar-refractivity contribution in [2.45, 2.75) is 13.3 Å². The van der Waals surface area contributed by atoms with Crippen LogP contribution in [0.5, 0.6) is 0 Å². The molecular formula is C30H30N8O2S. The molecule has 5 heterocycles. The van der Waals surface area contributed by atoms with Gasteiger partial charge >= 0.3 is 0 Å². The van der Waals surface area contributed by atoms with Gasteiger partial charge in [-0.15, -0.1) is 11.3 Å². The van der Waals surface area contributed by atoms with Crippen molar-refractivity contribution in [1.82, 2.24) is 34.7 Å². The van der Waals surface area contributed by atoms with Gasteiger partial charge in [-0.3, -0.25) is 14.6 Å². The largest absolute Gasteiger partial charge is 0.352 e. The molecule has 4 aromatic heterocycles. The molecule has 0 aliphatic carbocycles. The van der Waals surface area contributed by atoms with Gasteiger partial charge in [-0.05, 0) is 24.6 Å². The fraction of sp³-hybridized carbons (Fsp3) is 0.267. The van der Waals surface area contributed by atoms with Gasteiger partial charge in [-0.1, -0.05) is 30.3 Å². The quantitative estimate of drug-likeness (QED) is 0.320. The van der Waals surface area contributed by atoms with Crippen molar-refractivity contribution in [3.05, 3.63) is 88.4 Å². The number of carbonyl (C=O) groups is 2. The summed E-state index contributed by atoms with van der Waals surface area (Å²) >= 11 is 1.59. The number of aromatic nitrogens is 5. The zero-order valence-corrected chi connectivity index (χ0v) is 23.8. The molecule has 0 saturated carbocycles. The third-order valence-electron chi connectivity index (χ3n) is 7.46. The minimum atomic E-state index is -0.250. The number of nitrogens with zero attached hydrogens (tertiary/aromatic N) is 7. The highest BCUT2D eigenvalue weighted by Crippen LogP contribution is 2.33. The van der Waals surface area contributed by atoms with Gasteiger partial charge in [0.15, 0.2) is 0 Å². The standard InChI is InChI=1S/C30H30N8O2S/c1-20-24(41-19-35-20)10-12-32-29(39)22-17-34-25(18-33-22)37-13-15-38(16-14-37)30(40)26-27-23(9-6-11-31-27)36(2)28(26)21-7-4-3-5-8-21/h3-9,11,17-19H,10,12-16H2,1-2H3,(H,32,39). The van der Waals surface area contributed by atoms with Crippen LogP contribution >= 0.6 is 11.3 Å². The summed E-state index contributed by atoms with van der Waals surface area (Å²) in [5, 5.41) is 2.90. The second-order valence-corrected chi connectivity index (χ2v) is 10.9. The molecule has 1 N–H and O–H groups in total. The van der Waals surface area contributed by atoms with Crippen LogP contribution in [0.3, 0.4) is 0 Å². The molecule has 0 unspecified atom stereocenters. The summed E-state index contributed by atoms with van der Waals surface area (Å²) in [4.78, 5) is 49.3. The van der Waals surface area contributed by atoms with E-state index in [1.807, 2.05) is 66.8 Å². The van der Waals surface area contributed by atoms with E-state index in [1.165, 1.54) is 6.20 Å². The Hall–Kier alpha value is -4.64. The third kappa shape index (κ3) is 5.28. The molecule has 0 spiro atoms. The third-order valence-corrected chi connectivity index (χ3v) is 8.46. The summed E-state index contributed by atoms with van der Waals surface area (Å²) in [7, 11) is 1.98. The molecule has 6 rings (SSSR count). The molecule has 0 bridgehead atoms. The number of carbonyl (C=O) groups excluding carboxylic acids is 2. The number of amides is 2. The van der Waals surface area contributed by atoms with E-state index in [0.29, 0.717) is 49.6 Å².